The number of nitrogens with zero attached hydrogens (tertiary/aromatic N) is 1. The number of carboxylic acid groups (broad SMARTS) is 1. The summed E-state index contributed by atoms with van der Waals surface area (Å²) in [6, 6.07) is 0. The summed E-state index contributed by atoms with van der Waals surface area (Å²) in [5.41, 5.74) is -2.30. The molecule has 11 heteroatoms. The molecule has 1 aromatic heterocycles. The number of ether oxygens (including phenoxy) is 2. The molecule has 0 aromatic carbocycles. The minimum absolute atomic E-state index is 0.00336. The summed E-state index contributed by atoms with van der Waals surface area (Å²) in [7, 11) is 0. The van der Waals surface area contributed by atoms with E-state index in [1.807, 2.05) is 4.98 Å². The lowest BCUT2D eigenvalue weighted by atomic mass is 10.1. The third-order valence-corrected chi connectivity index (χ3v) is 3.63. The Kier molecular flexibility index (Phi) is 5.51. The SMILES string of the molecule is CCOC(C(=O)O)c1cn([C@@H]2O[C@H](CO)[C@@H](O)[C@H]2O)c(=O)[nH]c1=O. The molecule has 11 nitrogen and oxygen atoms in total. The van der Waals surface area contributed by atoms with Crippen LogP contribution in [0.4, 0.5) is 0 Å². The molecule has 1 aliphatic heterocycles. The van der Waals surface area contributed by atoms with Crippen LogP contribution in [0, 0.1) is 0 Å². The minimum atomic E-state index is -1.62. The van der Waals surface area contributed by atoms with Crippen LogP contribution >= 0.6 is 0 Å². The molecular formula is C13H18N2O9. The van der Waals surface area contributed by atoms with Crippen molar-refractivity contribution in [1.29, 1.82) is 0 Å². The van der Waals surface area contributed by atoms with Crippen molar-refractivity contribution < 1.29 is 34.7 Å². The summed E-state index contributed by atoms with van der Waals surface area (Å²) in [4.78, 5) is 37.0. The van der Waals surface area contributed by atoms with Gasteiger partial charge in [-0.2, -0.15) is 0 Å². The molecule has 1 aromatic rings. The van der Waals surface area contributed by atoms with Crippen LogP contribution in [0.3, 0.4) is 0 Å². The van der Waals surface area contributed by atoms with Gasteiger partial charge >= 0.3 is 11.7 Å². The van der Waals surface area contributed by atoms with E-state index in [-0.39, 0.29) is 12.2 Å². The molecule has 2 rings (SSSR count). The third kappa shape index (κ3) is 3.25. The standard InChI is InChI=1S/C13H18N2O9/c1-2-23-9(12(20)21)5-3-15(13(22)14-10(5)19)11-8(18)7(17)6(4-16)24-11/h3,6-9,11,16-18H,2,4H2,1H3,(H,20,21)(H,14,19,22)/t6-,7-,8-,9?,11-/m1/s1. The monoisotopic (exact) mass is 346 g/mol. The number of rotatable bonds is 6. The Labute approximate surface area is 134 Å². The van der Waals surface area contributed by atoms with Gasteiger partial charge in [0.25, 0.3) is 5.56 Å². The molecule has 0 aliphatic carbocycles. The Morgan fingerprint density at radius 2 is 2.08 bits per heavy atom. The predicted molar refractivity (Wildman–Crippen MR) is 76.3 cm³/mol. The van der Waals surface area contributed by atoms with Gasteiger partial charge in [-0.25, -0.2) is 9.59 Å². The van der Waals surface area contributed by atoms with Gasteiger partial charge in [0.05, 0.1) is 12.2 Å². The quantitative estimate of drug-likeness (QED) is 0.368. The number of carbonyl (C=O) groups is 1. The fourth-order valence-corrected chi connectivity index (χ4v) is 2.45. The fourth-order valence-electron chi connectivity index (χ4n) is 2.45. The van der Waals surface area contributed by atoms with Gasteiger partial charge in [0.15, 0.2) is 12.3 Å². The van der Waals surface area contributed by atoms with Crippen molar-refractivity contribution in [3.63, 3.8) is 0 Å². The molecule has 5 atom stereocenters. The van der Waals surface area contributed by atoms with Crippen molar-refractivity contribution >= 4 is 5.97 Å². The Morgan fingerprint density at radius 1 is 1.42 bits per heavy atom. The molecule has 1 unspecified atom stereocenters. The zero-order valence-corrected chi connectivity index (χ0v) is 12.7. The van der Waals surface area contributed by atoms with Gasteiger partial charge in [-0.1, -0.05) is 0 Å². The minimum Gasteiger partial charge on any atom is -0.479 e. The molecule has 1 saturated heterocycles. The molecule has 1 fully saturated rings. The van der Waals surface area contributed by atoms with Gasteiger partial charge < -0.3 is 29.9 Å². The molecule has 0 radical (unpaired) electrons. The summed E-state index contributed by atoms with van der Waals surface area (Å²) >= 11 is 0. The van der Waals surface area contributed by atoms with Crippen LogP contribution in [0.5, 0.6) is 0 Å². The van der Waals surface area contributed by atoms with Crippen molar-refractivity contribution in [2.75, 3.05) is 13.2 Å². The van der Waals surface area contributed by atoms with Crippen LogP contribution in [0.15, 0.2) is 15.8 Å². The number of nitrogens with one attached hydrogen (secondary N) is 1. The molecular weight excluding hydrogens is 328 g/mol. The Hall–Kier alpha value is -2.05. The van der Waals surface area contributed by atoms with Crippen LogP contribution in [0.1, 0.15) is 24.8 Å². The largest absolute Gasteiger partial charge is 0.479 e. The van der Waals surface area contributed by atoms with Gasteiger partial charge in [-0.05, 0) is 6.92 Å². The van der Waals surface area contributed by atoms with Crippen LogP contribution in [-0.2, 0) is 14.3 Å². The van der Waals surface area contributed by atoms with Gasteiger partial charge in [0.1, 0.15) is 18.3 Å². The molecule has 24 heavy (non-hydrogen) atoms. The van der Waals surface area contributed by atoms with Crippen LogP contribution in [0.25, 0.3) is 0 Å². The van der Waals surface area contributed by atoms with E-state index in [9.17, 15) is 24.6 Å². The van der Waals surface area contributed by atoms with Gasteiger partial charge in [-0.15, -0.1) is 0 Å². The number of aromatic amines is 1. The Bertz CT molecular complexity index is 712. The fraction of sp³-hybridized carbons (Fsp3) is 0.615. The lowest BCUT2D eigenvalue weighted by Gasteiger charge is -2.19. The second-order valence-electron chi connectivity index (χ2n) is 5.15. The zero-order valence-electron chi connectivity index (χ0n) is 12.7. The van der Waals surface area contributed by atoms with E-state index >= 15 is 0 Å². The van der Waals surface area contributed by atoms with E-state index in [4.69, 9.17) is 19.7 Å². The lowest BCUT2D eigenvalue weighted by Crippen LogP contribution is -2.40. The number of hydrogen-bond donors (Lipinski definition) is 5. The number of hydrogen-bond acceptors (Lipinski definition) is 8. The summed E-state index contributed by atoms with van der Waals surface area (Å²) in [6.45, 7) is 0.936. The predicted octanol–water partition coefficient (Wildman–Crippen LogP) is -2.69. The highest BCUT2D eigenvalue weighted by atomic mass is 16.6. The normalized spacial score (nSPS) is 28.0. The van der Waals surface area contributed by atoms with Gasteiger partial charge in [-0.3, -0.25) is 14.3 Å². The first-order valence-electron chi connectivity index (χ1n) is 7.14. The maximum Gasteiger partial charge on any atom is 0.337 e. The summed E-state index contributed by atoms with van der Waals surface area (Å²) < 4.78 is 10.9. The molecule has 0 amide bonds. The average molecular weight is 346 g/mol. The van der Waals surface area contributed by atoms with E-state index in [2.05, 4.69) is 0 Å². The van der Waals surface area contributed by atoms with E-state index in [0.29, 0.717) is 0 Å². The molecule has 0 saturated carbocycles. The highest BCUT2D eigenvalue weighted by Crippen LogP contribution is 2.28. The Balaban J connectivity index is 2.49. The third-order valence-electron chi connectivity index (χ3n) is 3.63. The smallest absolute Gasteiger partial charge is 0.337 e. The number of aromatic nitrogens is 2. The number of aliphatic carboxylic acids is 1. The summed E-state index contributed by atoms with van der Waals surface area (Å²) in [5, 5.41) is 37.9. The Morgan fingerprint density at radius 3 is 2.58 bits per heavy atom. The number of H-pyrrole nitrogens is 1. The lowest BCUT2D eigenvalue weighted by molar-refractivity contribution is -0.150. The topological polar surface area (TPSA) is 171 Å². The van der Waals surface area contributed by atoms with Crippen molar-refractivity contribution in [3.05, 3.63) is 32.6 Å². The summed E-state index contributed by atoms with van der Waals surface area (Å²) in [6.07, 6.45) is -6.28. The molecule has 1 aliphatic rings. The summed E-state index contributed by atoms with van der Waals surface area (Å²) in [5.74, 6) is -1.44. The first kappa shape index (κ1) is 18.3. The van der Waals surface area contributed by atoms with Crippen molar-refractivity contribution in [2.24, 2.45) is 0 Å². The highest BCUT2D eigenvalue weighted by molar-refractivity contribution is 5.74. The maximum absolute atomic E-state index is 12.0. The molecule has 0 bridgehead atoms. The number of aliphatic hydroxyl groups is 3. The van der Waals surface area contributed by atoms with Crippen molar-refractivity contribution in [3.8, 4) is 0 Å². The van der Waals surface area contributed by atoms with Gasteiger partial charge in [0, 0.05) is 12.8 Å². The molecule has 5 N–H and O–H groups in total. The van der Waals surface area contributed by atoms with Gasteiger partial charge in [0.2, 0.25) is 0 Å². The first-order valence-corrected chi connectivity index (χ1v) is 7.14. The second kappa shape index (κ2) is 7.23. The highest BCUT2D eigenvalue weighted by Gasteiger charge is 2.44. The van der Waals surface area contributed by atoms with E-state index < -0.39 is 54.5 Å². The second-order valence-corrected chi connectivity index (χ2v) is 5.15. The number of carboxylic acids is 1. The van der Waals surface area contributed by atoms with Crippen LogP contribution in [0.2, 0.25) is 0 Å². The molecule has 0 spiro atoms. The van der Waals surface area contributed by atoms with E-state index in [1.54, 1.807) is 0 Å². The number of aliphatic hydroxyl groups excluding tert-OH is 3. The zero-order chi connectivity index (χ0) is 18.0. The van der Waals surface area contributed by atoms with E-state index in [0.717, 1.165) is 10.8 Å². The average Bonchev–Trinajstić information content (AvgIpc) is 2.81. The van der Waals surface area contributed by atoms with E-state index in [1.165, 1.54) is 6.92 Å². The van der Waals surface area contributed by atoms with Crippen molar-refractivity contribution in [2.45, 2.75) is 37.6 Å². The molecule has 134 valence electrons. The first-order chi connectivity index (χ1) is 11.3. The van der Waals surface area contributed by atoms with Crippen LogP contribution < -0.4 is 11.2 Å². The van der Waals surface area contributed by atoms with Crippen LogP contribution in [-0.4, -0.2) is 67.5 Å². The molecule has 2 heterocycles. The maximum atomic E-state index is 12.0. The van der Waals surface area contributed by atoms with Crippen molar-refractivity contribution in [1.82, 2.24) is 9.55 Å².